The number of nitrogens with one attached hydrogen (secondary N) is 3. The Morgan fingerprint density at radius 3 is 2.23 bits per heavy atom. The number of carbonyl (C=O) groups excluding carboxylic acids is 3. The summed E-state index contributed by atoms with van der Waals surface area (Å²) in [4.78, 5) is 35.2. The van der Waals surface area contributed by atoms with E-state index >= 15 is 0 Å². The quantitative estimate of drug-likeness (QED) is 0.606. The van der Waals surface area contributed by atoms with Crippen LogP contribution in [0.4, 0.5) is 5.69 Å². The van der Waals surface area contributed by atoms with E-state index in [1.807, 2.05) is 36.4 Å². The number of para-hydroxylation sites is 1. The summed E-state index contributed by atoms with van der Waals surface area (Å²) in [5.74, 6) is -1.20. The van der Waals surface area contributed by atoms with Gasteiger partial charge in [-0.15, -0.1) is 0 Å². The van der Waals surface area contributed by atoms with Crippen LogP contribution in [-0.2, 0) is 14.4 Å². The van der Waals surface area contributed by atoms with Gasteiger partial charge in [-0.25, -0.2) is 0 Å². The first kappa shape index (κ1) is 19.4. The van der Waals surface area contributed by atoms with Gasteiger partial charge in [-0.1, -0.05) is 42.5 Å². The molecule has 0 spiro atoms. The highest BCUT2D eigenvalue weighted by Crippen LogP contribution is 2.20. The van der Waals surface area contributed by atoms with Crippen LogP contribution in [0.1, 0.15) is 5.56 Å². The van der Waals surface area contributed by atoms with Gasteiger partial charge in [0.25, 0.3) is 0 Å². The van der Waals surface area contributed by atoms with Crippen LogP contribution in [0.15, 0.2) is 65.1 Å². The number of halogens is 1. The third-order valence-corrected chi connectivity index (χ3v) is 3.94. The van der Waals surface area contributed by atoms with Crippen molar-refractivity contribution >= 4 is 45.4 Å². The van der Waals surface area contributed by atoms with E-state index in [0.717, 1.165) is 10.0 Å². The summed E-state index contributed by atoms with van der Waals surface area (Å²) >= 11 is 3.32. The first-order valence-corrected chi connectivity index (χ1v) is 8.66. The lowest BCUT2D eigenvalue weighted by Gasteiger charge is -2.08. The number of benzene rings is 2. The van der Waals surface area contributed by atoms with E-state index < -0.39 is 5.91 Å². The molecule has 134 valence electrons. The van der Waals surface area contributed by atoms with E-state index in [9.17, 15) is 14.4 Å². The Morgan fingerprint density at radius 2 is 1.50 bits per heavy atom. The van der Waals surface area contributed by atoms with Crippen molar-refractivity contribution in [3.05, 3.63) is 70.7 Å². The van der Waals surface area contributed by atoms with Crippen molar-refractivity contribution in [3.8, 4) is 0 Å². The molecule has 2 aromatic carbocycles. The Balaban J connectivity index is 1.68. The standard InChI is InChI=1S/C19H18BrN3O3/c20-15-8-4-5-9-16(15)23-19(26)13-22-18(25)12-21-17(24)11-10-14-6-2-1-3-7-14/h1-11H,12-13H2,(H,21,24)(H,22,25)(H,23,26)/b11-10+. The molecule has 0 saturated heterocycles. The minimum atomic E-state index is -0.450. The summed E-state index contributed by atoms with van der Waals surface area (Å²) in [5, 5.41) is 7.57. The molecule has 2 rings (SSSR count). The number of rotatable bonds is 7. The van der Waals surface area contributed by atoms with Crippen LogP contribution in [-0.4, -0.2) is 30.8 Å². The Labute approximate surface area is 159 Å². The normalized spacial score (nSPS) is 10.3. The minimum Gasteiger partial charge on any atom is -0.345 e. The first-order valence-electron chi connectivity index (χ1n) is 7.86. The average molecular weight is 416 g/mol. The lowest BCUT2D eigenvalue weighted by atomic mass is 10.2. The van der Waals surface area contributed by atoms with Gasteiger partial charge in [-0.3, -0.25) is 14.4 Å². The molecule has 7 heteroatoms. The second-order valence-corrected chi connectivity index (χ2v) is 6.12. The molecule has 0 radical (unpaired) electrons. The van der Waals surface area contributed by atoms with Gasteiger partial charge in [0.05, 0.1) is 18.8 Å². The van der Waals surface area contributed by atoms with Gasteiger partial charge < -0.3 is 16.0 Å². The number of carbonyl (C=O) groups is 3. The van der Waals surface area contributed by atoms with E-state index in [-0.39, 0.29) is 24.9 Å². The second-order valence-electron chi connectivity index (χ2n) is 5.27. The molecule has 0 aromatic heterocycles. The van der Waals surface area contributed by atoms with Gasteiger partial charge in [0.2, 0.25) is 17.7 Å². The minimum absolute atomic E-state index is 0.185. The lowest BCUT2D eigenvalue weighted by molar-refractivity contribution is -0.125. The zero-order valence-corrected chi connectivity index (χ0v) is 15.5. The second kappa shape index (κ2) is 10.1. The van der Waals surface area contributed by atoms with Gasteiger partial charge in [0, 0.05) is 10.5 Å². The summed E-state index contributed by atoms with van der Waals surface area (Å²) in [5.41, 5.74) is 1.50. The molecule has 0 bridgehead atoms. The van der Waals surface area contributed by atoms with E-state index in [1.165, 1.54) is 6.08 Å². The molecule has 0 heterocycles. The van der Waals surface area contributed by atoms with E-state index in [2.05, 4.69) is 31.9 Å². The van der Waals surface area contributed by atoms with Gasteiger partial charge in [-0.2, -0.15) is 0 Å². The molecule has 0 unspecified atom stereocenters. The molecule has 3 amide bonds. The Kier molecular flexibility index (Phi) is 7.57. The molecule has 6 nitrogen and oxygen atoms in total. The molecular weight excluding hydrogens is 398 g/mol. The molecule has 3 N–H and O–H groups in total. The van der Waals surface area contributed by atoms with E-state index in [1.54, 1.807) is 24.3 Å². The van der Waals surface area contributed by atoms with E-state index in [4.69, 9.17) is 0 Å². The topological polar surface area (TPSA) is 87.3 Å². The monoisotopic (exact) mass is 415 g/mol. The Hall–Kier alpha value is -2.93. The fourth-order valence-electron chi connectivity index (χ4n) is 1.96. The van der Waals surface area contributed by atoms with Crippen molar-refractivity contribution in [2.45, 2.75) is 0 Å². The maximum absolute atomic E-state index is 11.8. The number of anilines is 1. The summed E-state index contributed by atoms with van der Waals surface area (Å²) in [6.07, 6.45) is 3.00. The average Bonchev–Trinajstić information content (AvgIpc) is 2.65. The molecular formula is C19H18BrN3O3. The molecule has 26 heavy (non-hydrogen) atoms. The fourth-order valence-corrected chi connectivity index (χ4v) is 2.34. The van der Waals surface area contributed by atoms with Crippen LogP contribution in [0.5, 0.6) is 0 Å². The maximum Gasteiger partial charge on any atom is 0.244 e. The summed E-state index contributed by atoms with van der Waals surface area (Å²) in [6.45, 7) is -0.393. The van der Waals surface area contributed by atoms with Gasteiger partial charge in [0.15, 0.2) is 0 Å². The number of hydrogen-bond acceptors (Lipinski definition) is 3. The summed E-state index contributed by atoms with van der Waals surface area (Å²) < 4.78 is 0.747. The maximum atomic E-state index is 11.8. The van der Waals surface area contributed by atoms with Gasteiger partial charge in [0.1, 0.15) is 0 Å². The largest absolute Gasteiger partial charge is 0.345 e. The predicted molar refractivity (Wildman–Crippen MR) is 104 cm³/mol. The van der Waals surface area contributed by atoms with Crippen LogP contribution in [0.25, 0.3) is 6.08 Å². The molecule has 0 saturated carbocycles. The third kappa shape index (κ3) is 6.90. The van der Waals surface area contributed by atoms with Crippen LogP contribution < -0.4 is 16.0 Å². The van der Waals surface area contributed by atoms with Crippen molar-refractivity contribution in [2.24, 2.45) is 0 Å². The highest BCUT2D eigenvalue weighted by molar-refractivity contribution is 9.10. The predicted octanol–water partition coefficient (Wildman–Crippen LogP) is 2.33. The Bertz CT molecular complexity index is 807. The van der Waals surface area contributed by atoms with Crippen molar-refractivity contribution in [2.75, 3.05) is 18.4 Å². The molecule has 0 fully saturated rings. The zero-order valence-electron chi connectivity index (χ0n) is 13.9. The van der Waals surface area contributed by atoms with Crippen LogP contribution >= 0.6 is 15.9 Å². The summed E-state index contributed by atoms with van der Waals surface area (Å²) in [6, 6.07) is 16.5. The number of hydrogen-bond donors (Lipinski definition) is 3. The molecule has 0 atom stereocenters. The van der Waals surface area contributed by atoms with Crippen molar-refractivity contribution in [3.63, 3.8) is 0 Å². The van der Waals surface area contributed by atoms with Gasteiger partial charge in [-0.05, 0) is 39.7 Å². The third-order valence-electron chi connectivity index (χ3n) is 3.24. The Morgan fingerprint density at radius 1 is 0.846 bits per heavy atom. The molecule has 2 aromatic rings. The van der Waals surface area contributed by atoms with Crippen molar-refractivity contribution in [1.82, 2.24) is 10.6 Å². The highest BCUT2D eigenvalue weighted by atomic mass is 79.9. The van der Waals surface area contributed by atoms with Crippen molar-refractivity contribution in [1.29, 1.82) is 0 Å². The van der Waals surface area contributed by atoms with Crippen molar-refractivity contribution < 1.29 is 14.4 Å². The molecule has 0 aliphatic rings. The van der Waals surface area contributed by atoms with Gasteiger partial charge >= 0.3 is 0 Å². The van der Waals surface area contributed by atoms with Crippen LogP contribution in [0.2, 0.25) is 0 Å². The highest BCUT2D eigenvalue weighted by Gasteiger charge is 2.08. The zero-order chi connectivity index (χ0) is 18.8. The lowest BCUT2D eigenvalue weighted by Crippen LogP contribution is -2.39. The SMILES string of the molecule is O=C(/C=C/c1ccccc1)NCC(=O)NCC(=O)Nc1ccccc1Br. The number of amides is 3. The fraction of sp³-hybridized carbons (Fsp3) is 0.105. The molecule has 0 aliphatic carbocycles. The summed E-state index contributed by atoms with van der Waals surface area (Å²) in [7, 11) is 0. The van der Waals surface area contributed by atoms with Crippen LogP contribution in [0, 0.1) is 0 Å². The van der Waals surface area contributed by atoms with E-state index in [0.29, 0.717) is 5.69 Å². The van der Waals surface area contributed by atoms with Crippen LogP contribution in [0.3, 0.4) is 0 Å². The smallest absolute Gasteiger partial charge is 0.244 e. The first-order chi connectivity index (χ1) is 12.5. The molecule has 0 aliphatic heterocycles.